The first kappa shape index (κ1) is 12.9. The predicted octanol–water partition coefficient (Wildman–Crippen LogP) is 1.98. The van der Waals surface area contributed by atoms with Crippen molar-refractivity contribution in [2.24, 2.45) is 5.73 Å². The van der Waals surface area contributed by atoms with Crippen molar-refractivity contribution in [2.75, 3.05) is 29.5 Å². The molecule has 1 aromatic rings. The Morgan fingerprint density at radius 1 is 1.28 bits per heavy atom. The van der Waals surface area contributed by atoms with E-state index >= 15 is 0 Å². The summed E-state index contributed by atoms with van der Waals surface area (Å²) in [6.45, 7) is 1.18. The summed E-state index contributed by atoms with van der Waals surface area (Å²) in [5.41, 5.74) is 4.71. The standard InChI is InChI=1S/C11H12F2N2O2S/c12-8-5-7(17-11(14)16)6-9(13)10(8)15-1-3-18-4-2-15/h5-6H,1-4H2,(H2,14,16). The van der Waals surface area contributed by atoms with Gasteiger partial charge in [-0.3, -0.25) is 0 Å². The molecule has 2 N–H and O–H groups in total. The first-order valence-electron chi connectivity index (χ1n) is 5.37. The van der Waals surface area contributed by atoms with E-state index in [9.17, 15) is 13.6 Å². The molecule has 7 heteroatoms. The van der Waals surface area contributed by atoms with Gasteiger partial charge in [0.2, 0.25) is 0 Å². The summed E-state index contributed by atoms with van der Waals surface area (Å²) < 4.78 is 32.1. The zero-order valence-electron chi connectivity index (χ0n) is 9.49. The van der Waals surface area contributed by atoms with Crippen molar-refractivity contribution in [1.29, 1.82) is 0 Å². The molecule has 0 radical (unpaired) electrons. The van der Waals surface area contributed by atoms with Crippen molar-refractivity contribution < 1.29 is 18.3 Å². The maximum absolute atomic E-state index is 13.8. The number of nitrogens with zero attached hydrogens (tertiary/aromatic N) is 1. The molecule has 1 aromatic carbocycles. The molecule has 1 saturated heterocycles. The maximum atomic E-state index is 13.8. The highest BCUT2D eigenvalue weighted by molar-refractivity contribution is 7.99. The molecule has 2 rings (SSSR count). The van der Waals surface area contributed by atoms with Gasteiger partial charge in [0.1, 0.15) is 11.4 Å². The van der Waals surface area contributed by atoms with E-state index in [2.05, 4.69) is 4.74 Å². The number of nitrogens with two attached hydrogens (primary N) is 1. The first-order chi connectivity index (χ1) is 8.58. The molecule has 0 unspecified atom stereocenters. The molecule has 98 valence electrons. The lowest BCUT2D eigenvalue weighted by atomic mass is 10.2. The van der Waals surface area contributed by atoms with E-state index in [1.807, 2.05) is 0 Å². The van der Waals surface area contributed by atoms with Gasteiger partial charge in [-0.15, -0.1) is 0 Å². The quantitative estimate of drug-likeness (QED) is 0.896. The highest BCUT2D eigenvalue weighted by Gasteiger charge is 2.20. The largest absolute Gasteiger partial charge is 0.410 e. The number of amides is 1. The Balaban J connectivity index is 2.28. The van der Waals surface area contributed by atoms with Crippen molar-refractivity contribution in [3.63, 3.8) is 0 Å². The van der Waals surface area contributed by atoms with E-state index in [0.29, 0.717) is 13.1 Å². The van der Waals surface area contributed by atoms with Crippen LogP contribution in [0.1, 0.15) is 0 Å². The molecule has 0 spiro atoms. The fourth-order valence-corrected chi connectivity index (χ4v) is 2.71. The average molecular weight is 274 g/mol. The number of anilines is 1. The topological polar surface area (TPSA) is 55.6 Å². The average Bonchev–Trinajstić information content (AvgIpc) is 2.28. The van der Waals surface area contributed by atoms with Gasteiger partial charge in [-0.2, -0.15) is 11.8 Å². The summed E-state index contributed by atoms with van der Waals surface area (Å²) in [5.74, 6) is -0.0689. The van der Waals surface area contributed by atoms with Gasteiger partial charge in [0.25, 0.3) is 0 Å². The van der Waals surface area contributed by atoms with Crippen molar-refractivity contribution in [1.82, 2.24) is 0 Å². The van der Waals surface area contributed by atoms with Crippen molar-refractivity contribution >= 4 is 23.5 Å². The van der Waals surface area contributed by atoms with Crippen molar-refractivity contribution in [2.45, 2.75) is 0 Å². The Bertz CT molecular complexity index is 441. The molecule has 1 aliphatic heterocycles. The van der Waals surface area contributed by atoms with Crippen molar-refractivity contribution in [3.8, 4) is 5.75 Å². The summed E-state index contributed by atoms with van der Waals surface area (Å²) in [6.07, 6.45) is -1.10. The van der Waals surface area contributed by atoms with E-state index in [4.69, 9.17) is 5.73 Å². The molecule has 0 aromatic heterocycles. The minimum absolute atomic E-state index is 0.0767. The molecule has 0 atom stereocenters. The van der Waals surface area contributed by atoms with Crippen LogP contribution in [0, 0.1) is 11.6 Å². The minimum Gasteiger partial charge on any atom is -0.410 e. The second-order valence-corrected chi connectivity index (χ2v) is 4.98. The van der Waals surface area contributed by atoms with Crippen LogP contribution in [0.2, 0.25) is 0 Å². The maximum Gasteiger partial charge on any atom is 0.409 e. The Kier molecular flexibility index (Phi) is 3.90. The first-order valence-corrected chi connectivity index (χ1v) is 6.52. The zero-order valence-corrected chi connectivity index (χ0v) is 10.3. The Labute approximate surface area is 107 Å². The zero-order chi connectivity index (χ0) is 13.1. The number of rotatable bonds is 2. The van der Waals surface area contributed by atoms with E-state index in [1.54, 1.807) is 16.7 Å². The minimum atomic E-state index is -1.10. The lowest BCUT2D eigenvalue weighted by Crippen LogP contribution is -2.33. The molecule has 0 saturated carbocycles. The van der Waals surface area contributed by atoms with Gasteiger partial charge in [-0.25, -0.2) is 13.6 Å². The molecule has 1 heterocycles. The molecule has 1 amide bonds. The van der Waals surface area contributed by atoms with Gasteiger partial charge in [0, 0.05) is 36.7 Å². The van der Waals surface area contributed by atoms with Crippen LogP contribution in [0.15, 0.2) is 12.1 Å². The van der Waals surface area contributed by atoms with Gasteiger partial charge < -0.3 is 15.4 Å². The Morgan fingerprint density at radius 2 is 1.83 bits per heavy atom. The number of primary amides is 1. The molecule has 0 aliphatic carbocycles. The monoisotopic (exact) mass is 274 g/mol. The van der Waals surface area contributed by atoms with Gasteiger partial charge in [-0.1, -0.05) is 0 Å². The number of carbonyl (C=O) groups excluding carboxylic acids is 1. The van der Waals surface area contributed by atoms with Crippen LogP contribution in [0.5, 0.6) is 5.75 Å². The number of benzene rings is 1. The van der Waals surface area contributed by atoms with Crippen LogP contribution in [0.3, 0.4) is 0 Å². The van der Waals surface area contributed by atoms with Crippen LogP contribution in [0.25, 0.3) is 0 Å². The Hall–Kier alpha value is -1.50. The van der Waals surface area contributed by atoms with Crippen LogP contribution >= 0.6 is 11.8 Å². The normalized spacial score (nSPS) is 15.6. The predicted molar refractivity (Wildman–Crippen MR) is 66.1 cm³/mol. The van der Waals surface area contributed by atoms with E-state index < -0.39 is 17.7 Å². The number of hydrogen-bond donors (Lipinski definition) is 1. The van der Waals surface area contributed by atoms with Gasteiger partial charge in [-0.05, 0) is 0 Å². The summed E-state index contributed by atoms with van der Waals surface area (Å²) >= 11 is 1.74. The number of ether oxygens (including phenoxy) is 1. The molecule has 1 aliphatic rings. The van der Waals surface area contributed by atoms with E-state index in [1.165, 1.54) is 0 Å². The van der Waals surface area contributed by atoms with E-state index in [0.717, 1.165) is 23.6 Å². The van der Waals surface area contributed by atoms with Gasteiger partial charge in [0.05, 0.1) is 0 Å². The van der Waals surface area contributed by atoms with Crippen LogP contribution in [-0.4, -0.2) is 30.7 Å². The lowest BCUT2D eigenvalue weighted by molar-refractivity contribution is 0.210. The molecule has 4 nitrogen and oxygen atoms in total. The number of thioether (sulfide) groups is 1. The summed E-state index contributed by atoms with van der Waals surface area (Å²) in [4.78, 5) is 12.2. The van der Waals surface area contributed by atoms with Crippen molar-refractivity contribution in [3.05, 3.63) is 23.8 Å². The van der Waals surface area contributed by atoms with Gasteiger partial charge >= 0.3 is 6.09 Å². The molecule has 1 fully saturated rings. The fourth-order valence-electron chi connectivity index (χ4n) is 1.81. The molecular formula is C11H12F2N2O2S. The van der Waals surface area contributed by atoms with Gasteiger partial charge in [0.15, 0.2) is 11.6 Å². The smallest absolute Gasteiger partial charge is 0.409 e. The van der Waals surface area contributed by atoms with Crippen LogP contribution < -0.4 is 15.4 Å². The van der Waals surface area contributed by atoms with Crippen LogP contribution in [0.4, 0.5) is 19.3 Å². The fraction of sp³-hybridized carbons (Fsp3) is 0.364. The van der Waals surface area contributed by atoms with Crippen LogP contribution in [-0.2, 0) is 0 Å². The second-order valence-electron chi connectivity index (χ2n) is 3.76. The third-order valence-electron chi connectivity index (χ3n) is 2.54. The number of halogens is 2. The summed E-state index contributed by atoms with van der Waals surface area (Å²) in [5, 5.41) is 0. The Morgan fingerprint density at radius 3 is 2.33 bits per heavy atom. The molecule has 0 bridgehead atoms. The highest BCUT2D eigenvalue weighted by Crippen LogP contribution is 2.29. The summed E-state index contributed by atoms with van der Waals surface area (Å²) in [6, 6.07) is 1.93. The second kappa shape index (κ2) is 5.43. The third-order valence-corrected chi connectivity index (χ3v) is 3.48. The highest BCUT2D eigenvalue weighted by atomic mass is 32.2. The SMILES string of the molecule is NC(=O)Oc1cc(F)c(N2CCSCC2)c(F)c1. The van der Waals surface area contributed by atoms with E-state index in [-0.39, 0.29) is 11.4 Å². The lowest BCUT2D eigenvalue weighted by Gasteiger charge is -2.29. The third kappa shape index (κ3) is 2.84. The molecule has 18 heavy (non-hydrogen) atoms. The number of carbonyl (C=O) groups is 1. The molecular weight excluding hydrogens is 262 g/mol. The summed E-state index contributed by atoms with van der Waals surface area (Å²) in [7, 11) is 0. The number of hydrogen-bond acceptors (Lipinski definition) is 4.